The highest BCUT2D eigenvalue weighted by Gasteiger charge is 2.40. The fourth-order valence-electron chi connectivity index (χ4n) is 2.06. The lowest BCUT2D eigenvalue weighted by molar-refractivity contribution is -0.208. The van der Waals surface area contributed by atoms with Gasteiger partial charge >= 0.3 is 5.97 Å². The second-order valence-corrected chi connectivity index (χ2v) is 4.84. The molecular formula is C14H18O7. The summed E-state index contributed by atoms with van der Waals surface area (Å²) in [5.74, 6) is -0.702. The Morgan fingerprint density at radius 2 is 2.05 bits per heavy atom. The maximum Gasteiger partial charge on any atom is 0.338 e. The van der Waals surface area contributed by atoms with Crippen LogP contribution in [-0.4, -0.2) is 70.1 Å². The van der Waals surface area contributed by atoms with Crippen molar-refractivity contribution in [1.29, 1.82) is 0 Å². The average molecular weight is 298 g/mol. The summed E-state index contributed by atoms with van der Waals surface area (Å²) in [6.07, 6.45) is 1.94. The molecule has 1 aliphatic carbocycles. The Labute approximate surface area is 121 Å². The zero-order valence-electron chi connectivity index (χ0n) is 11.2. The molecule has 2 rings (SSSR count). The van der Waals surface area contributed by atoms with E-state index in [1.807, 2.05) is 0 Å². The van der Waals surface area contributed by atoms with Crippen LogP contribution in [0.15, 0.2) is 36.0 Å². The van der Waals surface area contributed by atoms with E-state index in [1.54, 1.807) is 0 Å². The van der Waals surface area contributed by atoms with E-state index in [4.69, 9.17) is 14.6 Å². The van der Waals surface area contributed by atoms with Crippen LogP contribution < -0.4 is 0 Å². The van der Waals surface area contributed by atoms with Crippen molar-refractivity contribution >= 4 is 5.97 Å². The van der Waals surface area contributed by atoms with E-state index >= 15 is 0 Å². The molecule has 0 amide bonds. The van der Waals surface area contributed by atoms with Crippen LogP contribution in [0, 0.1) is 0 Å². The molecular weight excluding hydrogens is 280 g/mol. The molecule has 7 heteroatoms. The Kier molecular flexibility index (Phi) is 5.27. The topological polar surface area (TPSA) is 116 Å². The molecule has 0 spiro atoms. The van der Waals surface area contributed by atoms with Gasteiger partial charge in [0.05, 0.1) is 24.9 Å². The van der Waals surface area contributed by atoms with Crippen molar-refractivity contribution in [3.05, 3.63) is 36.0 Å². The van der Waals surface area contributed by atoms with Crippen LogP contribution >= 0.6 is 0 Å². The van der Waals surface area contributed by atoms with E-state index in [0.717, 1.165) is 0 Å². The van der Waals surface area contributed by atoms with Crippen LogP contribution in [-0.2, 0) is 14.3 Å². The molecule has 0 aromatic carbocycles. The van der Waals surface area contributed by atoms with Crippen LogP contribution in [0.4, 0.5) is 0 Å². The van der Waals surface area contributed by atoms with Gasteiger partial charge in [0.1, 0.15) is 18.3 Å². The standard InChI is InChI=1S/C14H18O7/c15-6-10-12(17)13(18)11(7-20-10)21-14(19)8-2-1-3-9(16)5-4-8/h1-5,9-13,15-18H,6-7H2/t9?,10-,11+,12-,13-/m1/s1. The lowest BCUT2D eigenvalue weighted by Gasteiger charge is -2.36. The second-order valence-electron chi connectivity index (χ2n) is 4.84. The number of carbonyl (C=O) groups is 1. The van der Waals surface area contributed by atoms with Crippen LogP contribution in [0.25, 0.3) is 0 Å². The summed E-state index contributed by atoms with van der Waals surface area (Å²) >= 11 is 0. The average Bonchev–Trinajstić information content (AvgIpc) is 2.69. The van der Waals surface area contributed by atoms with Gasteiger partial charge in [-0.2, -0.15) is 0 Å². The number of hydrogen-bond acceptors (Lipinski definition) is 7. The minimum absolute atomic E-state index is 0.120. The zero-order chi connectivity index (χ0) is 15.4. The summed E-state index contributed by atoms with van der Waals surface area (Å²) in [7, 11) is 0. The molecule has 0 radical (unpaired) electrons. The van der Waals surface area contributed by atoms with Gasteiger partial charge in [-0.25, -0.2) is 4.79 Å². The van der Waals surface area contributed by atoms with Crippen molar-refractivity contribution in [3.63, 3.8) is 0 Å². The Hall–Kier alpha value is -1.51. The molecule has 2 aliphatic rings. The molecule has 1 fully saturated rings. The predicted molar refractivity (Wildman–Crippen MR) is 71.1 cm³/mol. The number of carbonyl (C=O) groups excluding carboxylic acids is 1. The predicted octanol–water partition coefficient (Wildman–Crippen LogP) is -1.58. The largest absolute Gasteiger partial charge is 0.453 e. The van der Waals surface area contributed by atoms with E-state index in [9.17, 15) is 20.1 Å². The Morgan fingerprint density at radius 3 is 2.76 bits per heavy atom. The lowest BCUT2D eigenvalue weighted by Crippen LogP contribution is -2.55. The quantitative estimate of drug-likeness (QED) is 0.465. The van der Waals surface area contributed by atoms with Gasteiger partial charge in [0.25, 0.3) is 0 Å². The van der Waals surface area contributed by atoms with Crippen LogP contribution in [0.3, 0.4) is 0 Å². The third-order valence-corrected chi connectivity index (χ3v) is 3.32. The fourth-order valence-corrected chi connectivity index (χ4v) is 2.06. The van der Waals surface area contributed by atoms with E-state index in [2.05, 4.69) is 0 Å². The van der Waals surface area contributed by atoms with Crippen molar-refractivity contribution in [1.82, 2.24) is 0 Å². The Balaban J connectivity index is 1.99. The number of aliphatic hydroxyl groups is 4. The smallest absolute Gasteiger partial charge is 0.338 e. The number of aliphatic hydroxyl groups excluding tert-OH is 4. The summed E-state index contributed by atoms with van der Waals surface area (Å²) in [4.78, 5) is 12.0. The summed E-state index contributed by atoms with van der Waals surface area (Å²) in [5, 5.41) is 37.9. The summed E-state index contributed by atoms with van der Waals surface area (Å²) in [6, 6.07) is 0. The summed E-state index contributed by atoms with van der Waals surface area (Å²) in [6.45, 7) is -0.555. The van der Waals surface area contributed by atoms with Gasteiger partial charge in [-0.3, -0.25) is 0 Å². The minimum Gasteiger partial charge on any atom is -0.453 e. The maximum absolute atomic E-state index is 12.0. The minimum atomic E-state index is -1.34. The lowest BCUT2D eigenvalue weighted by atomic mass is 10.0. The van der Waals surface area contributed by atoms with E-state index in [1.165, 1.54) is 30.4 Å². The first-order valence-corrected chi connectivity index (χ1v) is 6.57. The molecule has 1 aliphatic heterocycles. The highest BCUT2D eigenvalue weighted by atomic mass is 16.6. The number of rotatable bonds is 3. The van der Waals surface area contributed by atoms with E-state index < -0.39 is 43.1 Å². The van der Waals surface area contributed by atoms with Gasteiger partial charge in [0.2, 0.25) is 0 Å². The van der Waals surface area contributed by atoms with E-state index in [-0.39, 0.29) is 12.2 Å². The normalized spacial score (nSPS) is 36.0. The van der Waals surface area contributed by atoms with Crippen LogP contribution in [0.1, 0.15) is 0 Å². The number of hydrogen-bond donors (Lipinski definition) is 4. The molecule has 1 unspecified atom stereocenters. The van der Waals surface area contributed by atoms with Gasteiger partial charge in [-0.15, -0.1) is 0 Å². The monoisotopic (exact) mass is 298 g/mol. The molecule has 1 heterocycles. The van der Waals surface area contributed by atoms with Gasteiger partial charge in [0.15, 0.2) is 6.10 Å². The van der Waals surface area contributed by atoms with Gasteiger partial charge < -0.3 is 29.9 Å². The second kappa shape index (κ2) is 6.97. The number of esters is 1. The molecule has 0 saturated carbocycles. The molecule has 0 bridgehead atoms. The first-order chi connectivity index (χ1) is 10.0. The van der Waals surface area contributed by atoms with Crippen molar-refractivity contribution < 1.29 is 34.7 Å². The molecule has 5 atom stereocenters. The van der Waals surface area contributed by atoms with Gasteiger partial charge in [0, 0.05) is 0 Å². The van der Waals surface area contributed by atoms with Gasteiger partial charge in [-0.05, 0) is 12.2 Å². The number of allylic oxidation sites excluding steroid dienone is 2. The molecule has 1 saturated heterocycles. The molecule has 21 heavy (non-hydrogen) atoms. The molecule has 0 aromatic heterocycles. The van der Waals surface area contributed by atoms with Gasteiger partial charge in [-0.1, -0.05) is 18.2 Å². The van der Waals surface area contributed by atoms with Crippen molar-refractivity contribution in [2.75, 3.05) is 13.2 Å². The molecule has 7 nitrogen and oxygen atoms in total. The maximum atomic E-state index is 12.0. The first-order valence-electron chi connectivity index (χ1n) is 6.57. The van der Waals surface area contributed by atoms with Crippen LogP contribution in [0.5, 0.6) is 0 Å². The summed E-state index contributed by atoms with van der Waals surface area (Å²) < 4.78 is 10.2. The van der Waals surface area contributed by atoms with Crippen molar-refractivity contribution in [3.8, 4) is 0 Å². The van der Waals surface area contributed by atoms with Crippen molar-refractivity contribution in [2.45, 2.75) is 30.5 Å². The first kappa shape index (κ1) is 15.9. The Morgan fingerprint density at radius 1 is 1.29 bits per heavy atom. The zero-order valence-corrected chi connectivity index (χ0v) is 11.2. The highest BCUT2D eigenvalue weighted by molar-refractivity contribution is 5.92. The number of ether oxygens (including phenoxy) is 2. The third kappa shape index (κ3) is 3.78. The Bertz CT molecular complexity index is 468. The van der Waals surface area contributed by atoms with Crippen molar-refractivity contribution in [2.24, 2.45) is 0 Å². The summed E-state index contributed by atoms with van der Waals surface area (Å²) in [5.41, 5.74) is 0.203. The van der Waals surface area contributed by atoms with Crippen LogP contribution in [0.2, 0.25) is 0 Å². The fraction of sp³-hybridized carbons (Fsp3) is 0.500. The highest BCUT2D eigenvalue weighted by Crippen LogP contribution is 2.19. The molecule has 116 valence electrons. The SMILES string of the molecule is O=C(O[C@H]1CO[C@H](CO)[C@@H](O)[C@@H]1O)C1=CC=CC(O)C=C1. The third-order valence-electron chi connectivity index (χ3n) is 3.32. The van der Waals surface area contributed by atoms with E-state index in [0.29, 0.717) is 0 Å². The molecule has 4 N–H and O–H groups in total. The molecule has 0 aromatic rings.